The Morgan fingerprint density at radius 1 is 1.29 bits per heavy atom. The van der Waals surface area contributed by atoms with Crippen molar-refractivity contribution in [3.63, 3.8) is 0 Å². The van der Waals surface area contributed by atoms with Crippen molar-refractivity contribution in [2.45, 2.75) is 40.5 Å². The average Bonchev–Trinajstić information content (AvgIpc) is 2.56. The Kier molecular flexibility index (Phi) is 8.24. The van der Waals surface area contributed by atoms with Gasteiger partial charge < -0.3 is 9.47 Å². The molecule has 0 unspecified atom stereocenters. The molecule has 1 rings (SSSR count). The molecule has 4 nitrogen and oxygen atoms in total. The lowest BCUT2D eigenvalue weighted by molar-refractivity contribution is -0.138. The largest absolute Gasteiger partial charge is 0.496 e. The average molecular weight is 331 g/mol. The fourth-order valence-electron chi connectivity index (χ4n) is 2.44. The molecule has 24 heavy (non-hydrogen) atoms. The molecule has 0 atom stereocenters. The first-order valence-corrected chi connectivity index (χ1v) is 8.39. The predicted octanol–water partition coefficient (Wildman–Crippen LogP) is 4.46. The summed E-state index contributed by atoms with van der Waals surface area (Å²) in [6.45, 7) is 8.41. The summed E-state index contributed by atoms with van der Waals surface area (Å²) >= 11 is 0. The number of benzene rings is 1. The lowest BCUT2D eigenvalue weighted by Crippen LogP contribution is -2.11. The van der Waals surface area contributed by atoms with Crippen molar-refractivity contribution in [3.05, 3.63) is 35.4 Å². The highest BCUT2D eigenvalue weighted by molar-refractivity contribution is 6.02. The van der Waals surface area contributed by atoms with Crippen molar-refractivity contribution in [1.29, 1.82) is 0 Å². The second kappa shape index (κ2) is 9.91. The number of methoxy groups -OCH3 is 2. The van der Waals surface area contributed by atoms with E-state index in [1.807, 2.05) is 13.0 Å². The van der Waals surface area contributed by atoms with Crippen LogP contribution in [0.5, 0.6) is 5.75 Å². The fraction of sp³-hybridized carbons (Fsp3) is 0.500. The van der Waals surface area contributed by atoms with Gasteiger partial charge in [0, 0.05) is 5.71 Å². The van der Waals surface area contributed by atoms with Gasteiger partial charge >= 0.3 is 5.97 Å². The highest BCUT2D eigenvalue weighted by atomic mass is 16.5. The van der Waals surface area contributed by atoms with Gasteiger partial charge in [-0.3, -0.25) is 9.79 Å². The minimum absolute atomic E-state index is 0.0571. The van der Waals surface area contributed by atoms with Crippen LogP contribution in [0.15, 0.2) is 29.3 Å². The Bertz CT molecular complexity index is 615. The highest BCUT2D eigenvalue weighted by Gasteiger charge is 2.09. The first kappa shape index (κ1) is 19.9. The molecular formula is C20H29NO3. The molecule has 0 bridgehead atoms. The third-order valence-corrected chi connectivity index (χ3v) is 3.82. The Morgan fingerprint density at radius 3 is 2.50 bits per heavy atom. The van der Waals surface area contributed by atoms with Gasteiger partial charge in [0.2, 0.25) is 0 Å². The second-order valence-electron chi connectivity index (χ2n) is 6.08. The Hall–Kier alpha value is -2.10. The number of ether oxygens (including phenoxy) is 2. The van der Waals surface area contributed by atoms with Gasteiger partial charge in [0.05, 0.1) is 14.2 Å². The van der Waals surface area contributed by atoms with E-state index in [-0.39, 0.29) is 18.4 Å². The molecule has 0 amide bonds. The SMILES string of the molecule is CCC/C(=C\C(=NCC(=O)OC)C(C)C)c1ccc(OC)c(C)c1. The van der Waals surface area contributed by atoms with Crippen molar-refractivity contribution < 1.29 is 14.3 Å². The van der Waals surface area contributed by atoms with Crippen LogP contribution in [0.25, 0.3) is 5.57 Å². The second-order valence-corrected chi connectivity index (χ2v) is 6.08. The molecule has 0 saturated carbocycles. The maximum absolute atomic E-state index is 11.4. The van der Waals surface area contributed by atoms with Crippen LogP contribution in [-0.4, -0.2) is 32.4 Å². The summed E-state index contributed by atoms with van der Waals surface area (Å²) in [6, 6.07) is 6.21. The predicted molar refractivity (Wildman–Crippen MR) is 99.8 cm³/mol. The van der Waals surface area contributed by atoms with Crippen molar-refractivity contribution in [1.82, 2.24) is 0 Å². The first-order valence-electron chi connectivity index (χ1n) is 8.39. The van der Waals surface area contributed by atoms with E-state index < -0.39 is 0 Å². The molecule has 1 aromatic rings. The fourth-order valence-corrected chi connectivity index (χ4v) is 2.44. The molecule has 0 aliphatic heterocycles. The van der Waals surface area contributed by atoms with Crippen molar-refractivity contribution in [2.24, 2.45) is 10.9 Å². The van der Waals surface area contributed by atoms with Crippen LogP contribution < -0.4 is 4.74 Å². The summed E-state index contributed by atoms with van der Waals surface area (Å²) in [5.41, 5.74) is 4.41. The molecule has 0 aliphatic rings. The maximum Gasteiger partial charge on any atom is 0.327 e. The van der Waals surface area contributed by atoms with Gasteiger partial charge in [0.25, 0.3) is 0 Å². The standard InChI is InChI=1S/C20H29NO3/c1-7-8-16(17-9-10-19(23-5)15(4)11-17)12-18(14(2)3)21-13-20(22)24-6/h9-12,14H,7-8,13H2,1-6H3/b16-12+,21-18?. The lowest BCUT2D eigenvalue weighted by Gasteiger charge is -2.13. The van der Waals surface area contributed by atoms with Gasteiger partial charge in [-0.25, -0.2) is 0 Å². The summed E-state index contributed by atoms with van der Waals surface area (Å²) in [7, 11) is 3.06. The van der Waals surface area contributed by atoms with Gasteiger partial charge in [0.1, 0.15) is 12.3 Å². The van der Waals surface area contributed by atoms with E-state index in [1.165, 1.54) is 18.2 Å². The van der Waals surface area contributed by atoms with Gasteiger partial charge in [0.15, 0.2) is 0 Å². The number of hydrogen-bond acceptors (Lipinski definition) is 4. The zero-order valence-corrected chi connectivity index (χ0v) is 15.7. The first-order chi connectivity index (χ1) is 11.4. The van der Waals surface area contributed by atoms with Crippen LogP contribution >= 0.6 is 0 Å². The van der Waals surface area contributed by atoms with Crippen molar-refractivity contribution in [2.75, 3.05) is 20.8 Å². The van der Waals surface area contributed by atoms with Crippen LogP contribution in [0.2, 0.25) is 0 Å². The number of nitrogens with zero attached hydrogens (tertiary/aromatic N) is 1. The van der Waals surface area contributed by atoms with Crippen molar-refractivity contribution in [3.8, 4) is 5.75 Å². The van der Waals surface area contributed by atoms with Crippen LogP contribution in [0, 0.1) is 12.8 Å². The number of aliphatic imine (C=N–C) groups is 1. The van der Waals surface area contributed by atoms with E-state index in [0.29, 0.717) is 0 Å². The molecule has 1 aromatic carbocycles. The highest BCUT2D eigenvalue weighted by Crippen LogP contribution is 2.26. The molecule has 4 heteroatoms. The van der Waals surface area contributed by atoms with Crippen LogP contribution in [0.4, 0.5) is 0 Å². The molecule has 0 N–H and O–H groups in total. The normalized spacial score (nSPS) is 12.5. The van der Waals surface area contributed by atoms with E-state index in [1.54, 1.807) is 7.11 Å². The molecule has 0 aliphatic carbocycles. The van der Waals surface area contributed by atoms with Crippen LogP contribution in [0.3, 0.4) is 0 Å². The number of aryl methyl sites for hydroxylation is 1. The van der Waals surface area contributed by atoms with Gasteiger partial charge in [-0.05, 0) is 54.2 Å². The monoisotopic (exact) mass is 331 g/mol. The third-order valence-electron chi connectivity index (χ3n) is 3.82. The number of rotatable bonds is 8. The van der Waals surface area contributed by atoms with Crippen LogP contribution in [-0.2, 0) is 9.53 Å². The quantitative estimate of drug-likeness (QED) is 0.522. The van der Waals surface area contributed by atoms with Gasteiger partial charge in [-0.1, -0.05) is 33.3 Å². The molecule has 0 fully saturated rings. The summed E-state index contributed by atoms with van der Waals surface area (Å²) < 4.78 is 10.0. The van der Waals surface area contributed by atoms with E-state index in [9.17, 15) is 4.79 Å². The van der Waals surface area contributed by atoms with Gasteiger partial charge in [-0.2, -0.15) is 0 Å². The lowest BCUT2D eigenvalue weighted by atomic mass is 9.95. The summed E-state index contributed by atoms with van der Waals surface area (Å²) in [4.78, 5) is 15.8. The number of esters is 1. The molecule has 0 saturated heterocycles. The molecule has 0 aromatic heterocycles. The smallest absolute Gasteiger partial charge is 0.327 e. The summed E-state index contributed by atoms with van der Waals surface area (Å²) in [5, 5.41) is 0. The molecule has 0 heterocycles. The summed E-state index contributed by atoms with van der Waals surface area (Å²) in [6.07, 6.45) is 4.10. The molecule has 0 spiro atoms. The minimum atomic E-state index is -0.320. The number of allylic oxidation sites excluding steroid dienone is 2. The number of carbonyl (C=O) groups excluding carboxylic acids is 1. The van der Waals surface area contributed by atoms with Crippen LogP contribution in [0.1, 0.15) is 44.7 Å². The Labute approximate surface area is 145 Å². The van der Waals surface area contributed by atoms with Gasteiger partial charge in [-0.15, -0.1) is 0 Å². The Morgan fingerprint density at radius 2 is 2.00 bits per heavy atom. The maximum atomic E-state index is 11.4. The third kappa shape index (κ3) is 5.84. The van der Waals surface area contributed by atoms with E-state index in [2.05, 4.69) is 48.7 Å². The molecular weight excluding hydrogens is 302 g/mol. The zero-order chi connectivity index (χ0) is 18.1. The number of hydrogen-bond donors (Lipinski definition) is 0. The Balaban J connectivity index is 3.21. The topological polar surface area (TPSA) is 47.9 Å². The zero-order valence-electron chi connectivity index (χ0n) is 15.7. The van der Waals surface area contributed by atoms with E-state index >= 15 is 0 Å². The minimum Gasteiger partial charge on any atom is -0.496 e. The summed E-state index contributed by atoms with van der Waals surface area (Å²) in [5.74, 6) is 0.804. The van der Waals surface area contributed by atoms with Crippen molar-refractivity contribution >= 4 is 17.3 Å². The molecule has 0 radical (unpaired) electrons. The number of carbonyl (C=O) groups is 1. The molecule has 132 valence electrons. The van der Waals surface area contributed by atoms with E-state index in [4.69, 9.17) is 4.74 Å². The van der Waals surface area contributed by atoms with E-state index in [0.717, 1.165) is 29.9 Å².